The van der Waals surface area contributed by atoms with Crippen LogP contribution in [0.1, 0.15) is 40.3 Å². The maximum Gasteiger partial charge on any atom is 0.271 e. The molecule has 2 heterocycles. The van der Waals surface area contributed by atoms with Gasteiger partial charge in [0.05, 0.1) is 16.3 Å². The number of hydrogen-bond acceptors (Lipinski definition) is 4. The SMILES string of the molecule is O=c1/c(=C/c2ccccc2OCc2ccc(Cl)cc2Cl)sc2n1[C@@H](c1ccc(F)cc1)C1=C(N=2)c2ccccc2CC1. The van der Waals surface area contributed by atoms with Crippen molar-refractivity contribution in [3.8, 4) is 5.75 Å². The summed E-state index contributed by atoms with van der Waals surface area (Å²) in [6, 6.07) is 27.2. The lowest BCUT2D eigenvalue weighted by Crippen LogP contribution is -2.38. The molecule has 1 aromatic heterocycles. The number of ether oxygens (including phenoxy) is 1. The smallest absolute Gasteiger partial charge is 0.271 e. The molecule has 1 aliphatic heterocycles. The molecule has 0 saturated carbocycles. The van der Waals surface area contributed by atoms with Crippen molar-refractivity contribution in [3.05, 3.63) is 160 Å². The predicted octanol–water partition coefficient (Wildman–Crippen LogP) is 7.34. The first kappa shape index (κ1) is 26.9. The fourth-order valence-corrected chi connectivity index (χ4v) is 7.09. The number of halogens is 3. The molecule has 4 nitrogen and oxygen atoms in total. The van der Waals surface area contributed by atoms with Gasteiger partial charge in [-0.25, -0.2) is 9.38 Å². The second kappa shape index (κ2) is 11.0. The van der Waals surface area contributed by atoms with Crippen LogP contribution < -0.4 is 19.6 Å². The molecule has 0 saturated heterocycles. The summed E-state index contributed by atoms with van der Waals surface area (Å²) < 4.78 is 22.4. The zero-order valence-electron chi connectivity index (χ0n) is 22.2. The van der Waals surface area contributed by atoms with Crippen LogP contribution in [0.5, 0.6) is 5.75 Å². The minimum Gasteiger partial charge on any atom is -0.488 e. The summed E-state index contributed by atoms with van der Waals surface area (Å²) >= 11 is 13.7. The first-order valence-electron chi connectivity index (χ1n) is 13.5. The number of para-hydroxylation sites is 1. The first-order valence-corrected chi connectivity index (χ1v) is 15.1. The van der Waals surface area contributed by atoms with Crippen LogP contribution in [0, 0.1) is 5.82 Å². The second-order valence-electron chi connectivity index (χ2n) is 10.2. The van der Waals surface area contributed by atoms with Crippen LogP contribution in [0.15, 0.2) is 106 Å². The molecule has 0 fully saturated rings. The van der Waals surface area contributed by atoms with Crippen molar-refractivity contribution in [1.29, 1.82) is 0 Å². The molecule has 208 valence electrons. The Morgan fingerprint density at radius 3 is 2.60 bits per heavy atom. The molecule has 0 spiro atoms. The number of thiazole rings is 1. The molecule has 1 aliphatic carbocycles. The number of aryl methyl sites for hydroxylation is 1. The highest BCUT2D eigenvalue weighted by molar-refractivity contribution is 7.07. The van der Waals surface area contributed by atoms with Gasteiger partial charge in [0.2, 0.25) is 0 Å². The maximum atomic E-state index is 14.1. The van der Waals surface area contributed by atoms with Crippen molar-refractivity contribution in [3.63, 3.8) is 0 Å². The first-order chi connectivity index (χ1) is 20.5. The third-order valence-corrected chi connectivity index (χ3v) is 9.23. The number of rotatable bonds is 5. The molecule has 2 aliphatic rings. The number of nitrogens with zero attached hydrogens (tertiary/aromatic N) is 2. The van der Waals surface area contributed by atoms with Gasteiger partial charge in [0.15, 0.2) is 4.80 Å². The van der Waals surface area contributed by atoms with Crippen molar-refractivity contribution >= 4 is 46.3 Å². The minimum absolute atomic E-state index is 0.144. The lowest BCUT2D eigenvalue weighted by molar-refractivity contribution is 0.305. The largest absolute Gasteiger partial charge is 0.488 e. The number of fused-ring (bicyclic) bond motifs is 3. The summed E-state index contributed by atoms with van der Waals surface area (Å²) in [4.78, 5) is 19.7. The van der Waals surface area contributed by atoms with Crippen molar-refractivity contribution < 1.29 is 9.13 Å². The summed E-state index contributed by atoms with van der Waals surface area (Å²) in [5, 5.41) is 1.09. The predicted molar refractivity (Wildman–Crippen MR) is 166 cm³/mol. The van der Waals surface area contributed by atoms with Gasteiger partial charge in [-0.2, -0.15) is 0 Å². The summed E-state index contributed by atoms with van der Waals surface area (Å²) in [5.41, 5.74) is 6.58. The number of allylic oxidation sites excluding steroid dienone is 1. The van der Waals surface area contributed by atoms with Gasteiger partial charge in [-0.3, -0.25) is 9.36 Å². The van der Waals surface area contributed by atoms with E-state index in [1.54, 1.807) is 28.8 Å². The molecule has 5 aromatic rings. The molecule has 0 N–H and O–H groups in total. The Labute approximate surface area is 255 Å². The van der Waals surface area contributed by atoms with E-state index in [9.17, 15) is 9.18 Å². The van der Waals surface area contributed by atoms with Gasteiger partial charge >= 0.3 is 0 Å². The molecular weight excluding hydrogens is 590 g/mol. The highest BCUT2D eigenvalue weighted by Gasteiger charge is 2.32. The topological polar surface area (TPSA) is 43.6 Å². The van der Waals surface area contributed by atoms with Crippen LogP contribution in [0.25, 0.3) is 11.8 Å². The molecule has 0 bridgehead atoms. The van der Waals surface area contributed by atoms with E-state index >= 15 is 0 Å². The van der Waals surface area contributed by atoms with E-state index in [2.05, 4.69) is 12.1 Å². The van der Waals surface area contributed by atoms with Gasteiger partial charge in [-0.1, -0.05) is 95.2 Å². The Hall–Kier alpha value is -3.97. The van der Waals surface area contributed by atoms with Crippen LogP contribution in [-0.2, 0) is 13.0 Å². The number of aromatic nitrogens is 1. The maximum absolute atomic E-state index is 14.1. The van der Waals surface area contributed by atoms with E-state index in [0.717, 1.165) is 46.4 Å². The highest BCUT2D eigenvalue weighted by Crippen LogP contribution is 2.41. The van der Waals surface area contributed by atoms with Crippen LogP contribution >= 0.6 is 34.5 Å². The number of benzene rings is 4. The quantitative estimate of drug-likeness (QED) is 0.208. The van der Waals surface area contributed by atoms with Gasteiger partial charge in [0.25, 0.3) is 5.56 Å². The Bertz CT molecular complexity index is 2060. The fraction of sp³-hybridized carbons (Fsp3) is 0.118. The molecule has 1 atom stereocenters. The monoisotopic (exact) mass is 612 g/mol. The molecule has 8 heteroatoms. The molecule has 0 unspecified atom stereocenters. The van der Waals surface area contributed by atoms with E-state index in [0.29, 0.717) is 25.1 Å². The molecular formula is C34H23Cl2FN2O2S. The van der Waals surface area contributed by atoms with Crippen molar-refractivity contribution in [1.82, 2.24) is 4.57 Å². The lowest BCUT2D eigenvalue weighted by Gasteiger charge is -2.30. The molecule has 0 amide bonds. The Balaban J connectivity index is 1.34. The normalized spacial score (nSPS) is 16.0. The van der Waals surface area contributed by atoms with Gasteiger partial charge in [-0.05, 0) is 65.9 Å². The third kappa shape index (κ3) is 4.90. The Kier molecular flexibility index (Phi) is 7.06. The summed E-state index contributed by atoms with van der Waals surface area (Å²) in [6.07, 6.45) is 3.47. The van der Waals surface area contributed by atoms with Crippen LogP contribution in [0.2, 0.25) is 10.0 Å². The fourth-order valence-electron chi connectivity index (χ4n) is 5.63. The van der Waals surface area contributed by atoms with Gasteiger partial charge in [-0.15, -0.1) is 0 Å². The third-order valence-electron chi connectivity index (χ3n) is 7.66. The highest BCUT2D eigenvalue weighted by atomic mass is 35.5. The van der Waals surface area contributed by atoms with E-state index in [-0.39, 0.29) is 24.0 Å². The summed E-state index contributed by atoms with van der Waals surface area (Å²) in [6.45, 7) is 0.249. The summed E-state index contributed by atoms with van der Waals surface area (Å²) in [5.74, 6) is 0.309. The summed E-state index contributed by atoms with van der Waals surface area (Å²) in [7, 11) is 0. The van der Waals surface area contributed by atoms with Crippen LogP contribution in [-0.4, -0.2) is 4.57 Å². The van der Waals surface area contributed by atoms with Crippen molar-refractivity contribution in [2.45, 2.75) is 25.5 Å². The average Bonchev–Trinajstić information content (AvgIpc) is 3.31. The zero-order chi connectivity index (χ0) is 28.8. The molecule has 7 rings (SSSR count). The van der Waals surface area contributed by atoms with Crippen LogP contribution in [0.3, 0.4) is 0 Å². The second-order valence-corrected chi connectivity index (χ2v) is 12.1. The van der Waals surface area contributed by atoms with E-state index in [1.807, 2.05) is 48.5 Å². The zero-order valence-corrected chi connectivity index (χ0v) is 24.5. The van der Waals surface area contributed by atoms with E-state index < -0.39 is 0 Å². The Morgan fingerprint density at radius 1 is 0.976 bits per heavy atom. The van der Waals surface area contributed by atoms with Gasteiger partial charge < -0.3 is 4.74 Å². The lowest BCUT2D eigenvalue weighted by atomic mass is 9.83. The average molecular weight is 614 g/mol. The molecule has 4 aromatic carbocycles. The standard InChI is InChI=1S/C34H23Cl2FN2O2S/c35-24-13-9-23(28(36)18-24)19-41-29-8-4-2-6-22(29)17-30-33(40)39-32(21-10-14-25(37)15-11-21)27-16-12-20-5-1-3-7-26(20)31(27)38-34(39)42-30/h1-11,13-15,17-18,32H,12,16,19H2/b30-17-/t32-/m0/s1. The minimum atomic E-state index is -0.370. The molecule has 0 radical (unpaired) electrons. The number of hydrogen-bond donors (Lipinski definition) is 0. The van der Waals surface area contributed by atoms with E-state index in [1.165, 1.54) is 29.0 Å². The van der Waals surface area contributed by atoms with Gasteiger partial charge in [0.1, 0.15) is 18.2 Å². The van der Waals surface area contributed by atoms with Crippen LogP contribution in [0.4, 0.5) is 4.39 Å². The Morgan fingerprint density at radius 2 is 1.76 bits per heavy atom. The van der Waals surface area contributed by atoms with Crippen molar-refractivity contribution in [2.75, 3.05) is 0 Å². The van der Waals surface area contributed by atoms with Gasteiger partial charge in [0, 0.05) is 26.7 Å². The molecule has 42 heavy (non-hydrogen) atoms. The van der Waals surface area contributed by atoms with Crippen molar-refractivity contribution in [2.24, 2.45) is 4.99 Å². The van der Waals surface area contributed by atoms with E-state index in [4.69, 9.17) is 32.9 Å².